The van der Waals surface area contributed by atoms with E-state index in [0.29, 0.717) is 11.3 Å². The van der Waals surface area contributed by atoms with E-state index in [1.165, 1.54) is 5.56 Å². The van der Waals surface area contributed by atoms with Gasteiger partial charge in [0.1, 0.15) is 0 Å². The molecule has 0 fully saturated rings. The Hall–Kier alpha value is -1.79. The maximum Gasteiger partial charge on any atom is 0.449 e. The maximum absolute atomic E-state index is 10.8. The van der Waals surface area contributed by atoms with Crippen LogP contribution in [0.25, 0.3) is 0 Å². The van der Waals surface area contributed by atoms with Gasteiger partial charge in [-0.25, -0.2) is 4.79 Å². The molecule has 1 unspecified atom stereocenters. The molecule has 0 aliphatic rings. The number of aryl methyl sites for hydroxylation is 1. The Labute approximate surface area is 102 Å². The molecule has 0 radical (unpaired) electrons. The molecule has 86 valence electrons. The SMILES string of the molecule is Cc1ccccc1.O=C[P+](=O)c1ccccc1. The topological polar surface area (TPSA) is 34.1 Å². The van der Waals surface area contributed by atoms with Gasteiger partial charge in [-0.05, 0) is 19.1 Å². The highest BCUT2D eigenvalue weighted by Gasteiger charge is 2.15. The summed E-state index contributed by atoms with van der Waals surface area (Å²) in [6, 6.07) is 19.4. The van der Waals surface area contributed by atoms with Crippen LogP contribution < -0.4 is 5.30 Å². The first kappa shape index (κ1) is 13.3. The average molecular weight is 245 g/mol. The van der Waals surface area contributed by atoms with Gasteiger partial charge in [-0.1, -0.05) is 58.7 Å². The van der Waals surface area contributed by atoms with Crippen molar-refractivity contribution in [2.24, 2.45) is 0 Å². The molecule has 0 heterocycles. The first-order valence-electron chi connectivity index (χ1n) is 5.22. The molecule has 2 rings (SSSR count). The first-order chi connectivity index (χ1) is 8.24. The normalized spacial score (nSPS) is 9.82. The van der Waals surface area contributed by atoms with E-state index < -0.39 is 7.80 Å². The van der Waals surface area contributed by atoms with E-state index in [-0.39, 0.29) is 0 Å². The van der Waals surface area contributed by atoms with Crippen LogP contribution in [0, 0.1) is 6.92 Å². The van der Waals surface area contributed by atoms with Gasteiger partial charge in [0.25, 0.3) is 0 Å². The third-order valence-electron chi connectivity index (χ3n) is 2.05. The van der Waals surface area contributed by atoms with E-state index in [0.717, 1.165) is 0 Å². The van der Waals surface area contributed by atoms with Crippen molar-refractivity contribution >= 4 is 19.1 Å². The summed E-state index contributed by atoms with van der Waals surface area (Å²) < 4.78 is 10.8. The summed E-state index contributed by atoms with van der Waals surface area (Å²) in [6.07, 6.45) is 0. The number of benzene rings is 2. The molecular formula is C14H14O2P+. The van der Waals surface area contributed by atoms with Gasteiger partial charge >= 0.3 is 13.8 Å². The molecule has 3 heteroatoms. The second-order valence-corrected chi connectivity index (χ2v) is 4.80. The summed E-state index contributed by atoms with van der Waals surface area (Å²) in [5, 5.41) is 0.590. The lowest BCUT2D eigenvalue weighted by molar-refractivity contribution is 0.560. The Bertz CT molecular complexity index is 466. The maximum atomic E-state index is 10.8. The molecular weight excluding hydrogens is 231 g/mol. The Kier molecular flexibility index (Phi) is 5.84. The largest absolute Gasteiger partial charge is 0.449 e. The minimum Gasteiger partial charge on any atom is -0.243 e. The second-order valence-electron chi connectivity index (χ2n) is 3.42. The van der Waals surface area contributed by atoms with Crippen LogP contribution in [-0.4, -0.2) is 6.03 Å². The summed E-state index contributed by atoms with van der Waals surface area (Å²) in [6.45, 7) is 2.08. The average Bonchev–Trinajstić information content (AvgIpc) is 2.40. The van der Waals surface area contributed by atoms with Crippen molar-refractivity contribution in [2.45, 2.75) is 6.92 Å². The molecule has 0 bridgehead atoms. The first-order valence-corrected chi connectivity index (χ1v) is 6.55. The lowest BCUT2D eigenvalue weighted by Gasteiger charge is -1.82. The zero-order chi connectivity index (χ0) is 12.5. The van der Waals surface area contributed by atoms with Crippen molar-refractivity contribution in [1.29, 1.82) is 0 Å². The van der Waals surface area contributed by atoms with Gasteiger partial charge in [-0.3, -0.25) is 0 Å². The fourth-order valence-corrected chi connectivity index (χ4v) is 1.76. The minimum absolute atomic E-state index is 0.463. The van der Waals surface area contributed by atoms with Crippen LogP contribution in [0.5, 0.6) is 0 Å². The van der Waals surface area contributed by atoms with Crippen molar-refractivity contribution < 1.29 is 9.36 Å². The van der Waals surface area contributed by atoms with Crippen LogP contribution in [0.1, 0.15) is 5.56 Å². The van der Waals surface area contributed by atoms with Crippen molar-refractivity contribution in [2.75, 3.05) is 0 Å². The zero-order valence-corrected chi connectivity index (χ0v) is 10.5. The third-order valence-corrected chi connectivity index (χ3v) is 3.05. The fraction of sp³-hybridized carbons (Fsp3) is 0.0714. The Balaban J connectivity index is 0.000000181. The number of carbonyl (C=O) groups excluding carboxylic acids is 1. The van der Waals surface area contributed by atoms with Crippen LogP contribution in [0.4, 0.5) is 0 Å². The lowest BCUT2D eigenvalue weighted by Crippen LogP contribution is -1.93. The van der Waals surface area contributed by atoms with Crippen LogP contribution >= 0.6 is 7.80 Å². The molecule has 1 atom stereocenters. The van der Waals surface area contributed by atoms with Crippen molar-refractivity contribution in [3.63, 3.8) is 0 Å². The minimum atomic E-state index is -1.80. The summed E-state index contributed by atoms with van der Waals surface area (Å²) in [7, 11) is -1.80. The smallest absolute Gasteiger partial charge is 0.243 e. The van der Waals surface area contributed by atoms with Gasteiger partial charge in [-0.2, -0.15) is 0 Å². The van der Waals surface area contributed by atoms with Gasteiger partial charge in [-0.15, -0.1) is 0 Å². The zero-order valence-electron chi connectivity index (χ0n) is 9.61. The predicted molar refractivity (Wildman–Crippen MR) is 71.6 cm³/mol. The van der Waals surface area contributed by atoms with Crippen molar-refractivity contribution in [3.05, 3.63) is 66.2 Å². The van der Waals surface area contributed by atoms with Crippen LogP contribution in [0.2, 0.25) is 0 Å². The van der Waals surface area contributed by atoms with Crippen LogP contribution in [-0.2, 0) is 9.36 Å². The molecule has 0 saturated heterocycles. The van der Waals surface area contributed by atoms with E-state index in [1.807, 2.05) is 24.3 Å². The predicted octanol–water partition coefficient (Wildman–Crippen LogP) is 3.32. The van der Waals surface area contributed by atoms with Gasteiger partial charge in [0.2, 0.25) is 0 Å². The Morgan fingerprint density at radius 1 is 0.882 bits per heavy atom. The summed E-state index contributed by atoms with van der Waals surface area (Å²) >= 11 is 0. The van der Waals surface area contributed by atoms with Gasteiger partial charge < -0.3 is 0 Å². The highest BCUT2D eigenvalue weighted by Crippen LogP contribution is 2.12. The standard InChI is InChI=1S/C7H6O2P.C7H8/c8-6-10(9)7-4-2-1-3-5-7;1-7-5-3-2-4-6-7/h1-6H;2-6H,1H3/q+1;. The van der Waals surface area contributed by atoms with Crippen LogP contribution in [0.3, 0.4) is 0 Å². The van der Waals surface area contributed by atoms with Gasteiger partial charge in [0, 0.05) is 0 Å². The van der Waals surface area contributed by atoms with E-state index in [9.17, 15) is 9.36 Å². The Morgan fingerprint density at radius 3 is 1.71 bits per heavy atom. The number of hydrogen-bond donors (Lipinski definition) is 0. The van der Waals surface area contributed by atoms with Crippen molar-refractivity contribution in [1.82, 2.24) is 0 Å². The molecule has 0 saturated carbocycles. The monoisotopic (exact) mass is 245 g/mol. The van der Waals surface area contributed by atoms with E-state index in [2.05, 4.69) is 19.1 Å². The van der Waals surface area contributed by atoms with Gasteiger partial charge in [0.05, 0.1) is 0 Å². The van der Waals surface area contributed by atoms with Crippen molar-refractivity contribution in [3.8, 4) is 0 Å². The summed E-state index contributed by atoms with van der Waals surface area (Å²) in [5.41, 5.74) is 1.32. The molecule has 2 aromatic carbocycles. The fourth-order valence-electron chi connectivity index (χ4n) is 1.17. The molecule has 0 aliphatic heterocycles. The second kappa shape index (κ2) is 7.48. The molecule has 0 amide bonds. The highest BCUT2D eigenvalue weighted by atomic mass is 31.1. The van der Waals surface area contributed by atoms with E-state index >= 15 is 0 Å². The molecule has 0 aromatic heterocycles. The molecule has 0 N–H and O–H groups in total. The quantitative estimate of drug-likeness (QED) is 0.600. The molecule has 2 aromatic rings. The lowest BCUT2D eigenvalue weighted by atomic mass is 10.2. The summed E-state index contributed by atoms with van der Waals surface area (Å²) in [5.74, 6) is 0. The van der Waals surface area contributed by atoms with E-state index in [4.69, 9.17) is 0 Å². The highest BCUT2D eigenvalue weighted by molar-refractivity contribution is 7.68. The summed E-state index contributed by atoms with van der Waals surface area (Å²) in [4.78, 5) is 10.0. The van der Waals surface area contributed by atoms with E-state index in [1.54, 1.807) is 24.3 Å². The number of hydrogen-bond acceptors (Lipinski definition) is 2. The van der Waals surface area contributed by atoms with Gasteiger partial charge in [0.15, 0.2) is 5.30 Å². The number of rotatable bonds is 2. The molecule has 2 nitrogen and oxygen atoms in total. The van der Waals surface area contributed by atoms with Crippen LogP contribution in [0.15, 0.2) is 60.7 Å². The molecule has 0 spiro atoms. The number of carbonyl (C=O) groups is 1. The molecule has 0 aliphatic carbocycles. The third kappa shape index (κ3) is 5.19. The molecule has 17 heavy (non-hydrogen) atoms. The Morgan fingerprint density at radius 2 is 1.35 bits per heavy atom.